The van der Waals surface area contributed by atoms with Crippen molar-refractivity contribution in [2.45, 2.75) is 58.5 Å². The molecule has 0 saturated heterocycles. The number of aromatic nitrogens is 1. The molecule has 0 aliphatic rings. The summed E-state index contributed by atoms with van der Waals surface area (Å²) in [6, 6.07) is 11.3. The number of hydrogen-bond acceptors (Lipinski definition) is 5. The van der Waals surface area contributed by atoms with Crippen LogP contribution in [-0.4, -0.2) is 24.6 Å². The molecule has 3 rings (SSSR count). The van der Waals surface area contributed by atoms with Gasteiger partial charge in [-0.3, -0.25) is 4.79 Å². The van der Waals surface area contributed by atoms with Crippen LogP contribution < -0.4 is 5.32 Å². The van der Waals surface area contributed by atoms with Crippen LogP contribution >= 0.6 is 11.3 Å². The minimum absolute atomic E-state index is 0.160. The van der Waals surface area contributed by atoms with E-state index < -0.39 is 11.7 Å². The summed E-state index contributed by atoms with van der Waals surface area (Å²) in [7, 11) is 1.39. The fourth-order valence-corrected chi connectivity index (χ4v) is 5.10. The maximum atomic E-state index is 12.9. The third-order valence-corrected chi connectivity index (χ3v) is 7.27. The molecule has 1 heterocycles. The molecule has 2 aromatic carbocycles. The van der Waals surface area contributed by atoms with Crippen molar-refractivity contribution in [2.24, 2.45) is 0 Å². The fourth-order valence-electron chi connectivity index (χ4n) is 3.82. The van der Waals surface area contributed by atoms with Crippen LogP contribution in [0.2, 0.25) is 0 Å². The number of alkyl halides is 3. The molecule has 1 aromatic heterocycles. The Morgan fingerprint density at radius 2 is 1.80 bits per heavy atom. The van der Waals surface area contributed by atoms with Crippen molar-refractivity contribution in [3.63, 3.8) is 0 Å². The summed E-state index contributed by atoms with van der Waals surface area (Å²) < 4.78 is 43.5. The van der Waals surface area contributed by atoms with Gasteiger partial charge in [-0.05, 0) is 54.7 Å². The lowest BCUT2D eigenvalue weighted by Crippen LogP contribution is -2.11. The molecule has 0 amide bonds. The number of hydrogen-bond donors (Lipinski definition) is 1. The minimum Gasteiger partial charge on any atom is -0.469 e. The highest BCUT2D eigenvalue weighted by atomic mass is 32.1. The highest BCUT2D eigenvalue weighted by molar-refractivity contribution is 7.15. The topological polar surface area (TPSA) is 51.2 Å². The van der Waals surface area contributed by atoms with Gasteiger partial charge < -0.3 is 10.1 Å². The zero-order valence-corrected chi connectivity index (χ0v) is 21.4. The number of thiazole rings is 1. The van der Waals surface area contributed by atoms with Gasteiger partial charge in [0, 0.05) is 35.0 Å². The van der Waals surface area contributed by atoms with Crippen LogP contribution in [0.25, 0.3) is 10.6 Å². The Labute approximate surface area is 208 Å². The second-order valence-electron chi connectivity index (χ2n) is 9.00. The van der Waals surface area contributed by atoms with Crippen molar-refractivity contribution < 1.29 is 22.7 Å². The lowest BCUT2D eigenvalue weighted by Gasteiger charge is -2.16. The second kappa shape index (κ2) is 11.2. The first-order chi connectivity index (χ1) is 16.5. The zero-order valence-electron chi connectivity index (χ0n) is 20.6. The number of benzene rings is 2. The van der Waals surface area contributed by atoms with E-state index in [4.69, 9.17) is 9.72 Å². The van der Waals surface area contributed by atoms with Gasteiger partial charge in [-0.25, -0.2) is 4.98 Å². The SMILES string of the molecule is COC(=O)CCc1ccc(NCC(C)c2sc(-c3ccc(C(F)(F)F)cc3)nc2C(C)C)cc1C. The van der Waals surface area contributed by atoms with Crippen molar-refractivity contribution >= 4 is 23.0 Å². The number of esters is 1. The van der Waals surface area contributed by atoms with Crippen LogP contribution in [0.3, 0.4) is 0 Å². The first kappa shape index (κ1) is 26.7. The van der Waals surface area contributed by atoms with E-state index in [1.807, 2.05) is 19.1 Å². The maximum absolute atomic E-state index is 12.9. The Kier molecular flexibility index (Phi) is 8.59. The van der Waals surface area contributed by atoms with E-state index in [9.17, 15) is 18.0 Å². The predicted octanol–water partition coefficient (Wildman–Crippen LogP) is 7.58. The van der Waals surface area contributed by atoms with E-state index in [0.29, 0.717) is 24.9 Å². The third kappa shape index (κ3) is 6.84. The van der Waals surface area contributed by atoms with Gasteiger partial charge in [-0.1, -0.05) is 39.0 Å². The van der Waals surface area contributed by atoms with Crippen LogP contribution in [0.15, 0.2) is 42.5 Å². The van der Waals surface area contributed by atoms with Crippen LogP contribution in [0, 0.1) is 6.92 Å². The number of carbonyl (C=O) groups excluding carboxylic acids is 1. The Balaban J connectivity index is 1.72. The quantitative estimate of drug-likeness (QED) is 0.305. The third-order valence-electron chi connectivity index (χ3n) is 5.92. The van der Waals surface area contributed by atoms with Gasteiger partial charge in [0.15, 0.2) is 0 Å². The van der Waals surface area contributed by atoms with E-state index in [0.717, 1.165) is 44.5 Å². The summed E-state index contributed by atoms with van der Waals surface area (Å²) in [4.78, 5) is 17.3. The van der Waals surface area contributed by atoms with E-state index in [1.165, 1.54) is 30.6 Å². The van der Waals surface area contributed by atoms with Gasteiger partial charge in [0.2, 0.25) is 0 Å². The van der Waals surface area contributed by atoms with Crippen molar-refractivity contribution in [3.05, 3.63) is 69.7 Å². The number of nitrogens with one attached hydrogen (secondary N) is 1. The van der Waals surface area contributed by atoms with Gasteiger partial charge in [0.05, 0.1) is 18.4 Å². The molecule has 0 spiro atoms. The average molecular weight is 505 g/mol. The number of aryl methyl sites for hydroxylation is 2. The summed E-state index contributed by atoms with van der Waals surface area (Å²) in [5, 5.41) is 4.22. The molecule has 4 nitrogen and oxygen atoms in total. The lowest BCUT2D eigenvalue weighted by molar-refractivity contribution is -0.140. The highest BCUT2D eigenvalue weighted by Crippen LogP contribution is 2.37. The van der Waals surface area contributed by atoms with Crippen molar-refractivity contribution in [2.75, 3.05) is 19.0 Å². The van der Waals surface area contributed by atoms with Gasteiger partial charge in [-0.2, -0.15) is 13.2 Å². The number of nitrogens with zero attached hydrogens (tertiary/aromatic N) is 1. The Morgan fingerprint density at radius 3 is 2.37 bits per heavy atom. The number of ether oxygens (including phenoxy) is 1. The van der Waals surface area contributed by atoms with Crippen LogP contribution in [0.5, 0.6) is 0 Å². The molecule has 0 bridgehead atoms. The lowest BCUT2D eigenvalue weighted by atomic mass is 10.0. The number of methoxy groups -OCH3 is 1. The molecule has 1 atom stereocenters. The molecule has 0 radical (unpaired) electrons. The molecule has 188 valence electrons. The first-order valence-electron chi connectivity index (χ1n) is 11.6. The van der Waals surface area contributed by atoms with Gasteiger partial charge in [0.1, 0.15) is 5.01 Å². The Bertz CT molecular complexity index is 1150. The second-order valence-corrected chi connectivity index (χ2v) is 10.0. The van der Waals surface area contributed by atoms with Crippen LogP contribution in [0.1, 0.15) is 66.3 Å². The van der Waals surface area contributed by atoms with Crippen molar-refractivity contribution in [3.8, 4) is 10.6 Å². The smallest absolute Gasteiger partial charge is 0.416 e. The molecular weight excluding hydrogens is 473 g/mol. The van der Waals surface area contributed by atoms with Crippen LogP contribution in [-0.2, 0) is 22.1 Å². The summed E-state index contributed by atoms with van der Waals surface area (Å²) >= 11 is 1.54. The Morgan fingerprint density at radius 1 is 1.11 bits per heavy atom. The van der Waals surface area contributed by atoms with Crippen LogP contribution in [0.4, 0.5) is 18.9 Å². The van der Waals surface area contributed by atoms with E-state index in [1.54, 1.807) is 0 Å². The van der Waals surface area contributed by atoms with Crippen molar-refractivity contribution in [1.29, 1.82) is 0 Å². The summed E-state index contributed by atoms with van der Waals surface area (Å²) in [6.07, 6.45) is -3.36. The first-order valence-corrected chi connectivity index (χ1v) is 12.4. The maximum Gasteiger partial charge on any atom is 0.416 e. The molecule has 0 aliphatic carbocycles. The van der Waals surface area contributed by atoms with E-state index >= 15 is 0 Å². The van der Waals surface area contributed by atoms with Gasteiger partial charge >= 0.3 is 12.1 Å². The number of halogens is 3. The minimum atomic E-state index is -4.35. The molecule has 1 unspecified atom stereocenters. The zero-order chi connectivity index (χ0) is 25.8. The molecule has 3 aromatic rings. The summed E-state index contributed by atoms with van der Waals surface area (Å²) in [5.74, 6) is 0.136. The number of rotatable bonds is 9. The normalized spacial score (nSPS) is 12.6. The van der Waals surface area contributed by atoms with E-state index in [-0.39, 0.29) is 17.8 Å². The predicted molar refractivity (Wildman–Crippen MR) is 135 cm³/mol. The van der Waals surface area contributed by atoms with Gasteiger partial charge in [0.25, 0.3) is 0 Å². The fraction of sp³-hybridized carbons (Fsp3) is 0.407. The molecule has 0 fully saturated rings. The number of carbonyl (C=O) groups is 1. The highest BCUT2D eigenvalue weighted by Gasteiger charge is 2.30. The molecule has 35 heavy (non-hydrogen) atoms. The largest absolute Gasteiger partial charge is 0.469 e. The van der Waals surface area contributed by atoms with Crippen molar-refractivity contribution in [1.82, 2.24) is 4.98 Å². The average Bonchev–Trinajstić information content (AvgIpc) is 3.27. The molecule has 8 heteroatoms. The van der Waals surface area contributed by atoms with E-state index in [2.05, 4.69) is 32.2 Å². The standard InChI is InChI=1S/C27H31F3N2O2S/c1-16(2)24-25(35-26(32-24)20-6-10-21(11-7-20)27(28,29)30)18(4)15-31-22-12-8-19(17(3)14-22)9-13-23(33)34-5/h6-8,10-12,14,16,18,31H,9,13,15H2,1-5H3. The van der Waals surface area contributed by atoms with Gasteiger partial charge in [-0.15, -0.1) is 11.3 Å². The molecule has 0 aliphatic heterocycles. The molecular formula is C27H31F3N2O2S. The molecule has 0 saturated carbocycles. The molecule has 1 N–H and O–H groups in total. The Hall–Kier alpha value is -2.87. The monoisotopic (exact) mass is 504 g/mol. The number of anilines is 1. The summed E-state index contributed by atoms with van der Waals surface area (Å²) in [6.45, 7) is 8.99. The summed E-state index contributed by atoms with van der Waals surface area (Å²) in [5.41, 5.74) is 4.22.